The maximum Gasteiger partial charge on any atom is 0.146 e. The van der Waals surface area contributed by atoms with Crippen LogP contribution in [-0.2, 0) is 0 Å². The van der Waals surface area contributed by atoms with Gasteiger partial charge in [0.15, 0.2) is 0 Å². The van der Waals surface area contributed by atoms with Gasteiger partial charge in [-0.05, 0) is 44.4 Å². The highest BCUT2D eigenvalue weighted by atomic mass is 19.1. The summed E-state index contributed by atoms with van der Waals surface area (Å²) < 4.78 is 13.9. The molecule has 0 radical (unpaired) electrons. The van der Waals surface area contributed by atoms with E-state index in [0.717, 1.165) is 17.8 Å². The summed E-state index contributed by atoms with van der Waals surface area (Å²) in [5.41, 5.74) is 7.30. The molecule has 2 rings (SSSR count). The fourth-order valence-corrected chi connectivity index (χ4v) is 2.05. The normalized spacial score (nSPS) is 17.2. The number of hydrogen-bond donors (Lipinski definition) is 1. The largest absolute Gasteiger partial charge is 0.366 e. The molecular formula is C13H19FN2. The number of rotatable bonds is 4. The Morgan fingerprint density at radius 2 is 2.19 bits per heavy atom. The lowest BCUT2D eigenvalue weighted by Gasteiger charge is -2.23. The van der Waals surface area contributed by atoms with Crippen molar-refractivity contribution in [3.05, 3.63) is 29.6 Å². The van der Waals surface area contributed by atoms with E-state index in [0.29, 0.717) is 6.04 Å². The number of anilines is 1. The zero-order valence-electron chi connectivity index (χ0n) is 9.91. The molecule has 0 heterocycles. The van der Waals surface area contributed by atoms with Crippen LogP contribution in [-0.4, -0.2) is 12.6 Å². The number of benzene rings is 1. The van der Waals surface area contributed by atoms with Gasteiger partial charge in [-0.2, -0.15) is 0 Å². The van der Waals surface area contributed by atoms with Crippen LogP contribution in [0.5, 0.6) is 0 Å². The highest BCUT2D eigenvalue weighted by Gasteiger charge is 2.29. The van der Waals surface area contributed by atoms with Gasteiger partial charge in [0, 0.05) is 18.6 Å². The van der Waals surface area contributed by atoms with Crippen LogP contribution in [0, 0.1) is 5.82 Å². The zero-order chi connectivity index (χ0) is 11.7. The van der Waals surface area contributed by atoms with Crippen LogP contribution >= 0.6 is 0 Å². The van der Waals surface area contributed by atoms with Gasteiger partial charge in [0.2, 0.25) is 0 Å². The molecule has 3 heteroatoms. The summed E-state index contributed by atoms with van der Waals surface area (Å²) in [4.78, 5) is 2.14. The van der Waals surface area contributed by atoms with Crippen molar-refractivity contribution in [2.75, 3.05) is 11.4 Å². The van der Waals surface area contributed by atoms with E-state index >= 15 is 0 Å². The number of hydrogen-bond acceptors (Lipinski definition) is 2. The van der Waals surface area contributed by atoms with Crippen LogP contribution in [0.4, 0.5) is 10.1 Å². The molecular weight excluding hydrogens is 203 g/mol. The SMILES string of the molecule is CCN(c1ccc([C@H](C)N)cc1F)C1CC1. The Kier molecular flexibility index (Phi) is 3.15. The summed E-state index contributed by atoms with van der Waals surface area (Å²) in [6.45, 7) is 4.79. The highest BCUT2D eigenvalue weighted by molar-refractivity contribution is 5.51. The van der Waals surface area contributed by atoms with E-state index in [1.807, 2.05) is 19.1 Å². The summed E-state index contributed by atoms with van der Waals surface area (Å²) in [6.07, 6.45) is 2.37. The van der Waals surface area contributed by atoms with Gasteiger partial charge in [-0.15, -0.1) is 0 Å². The first-order valence-corrected chi connectivity index (χ1v) is 5.95. The van der Waals surface area contributed by atoms with Crippen LogP contribution in [0.3, 0.4) is 0 Å². The Labute approximate surface area is 96.2 Å². The third-order valence-corrected chi connectivity index (χ3v) is 3.14. The number of nitrogens with two attached hydrogens (primary N) is 1. The van der Waals surface area contributed by atoms with Crippen LogP contribution in [0.25, 0.3) is 0 Å². The molecule has 0 unspecified atom stereocenters. The predicted molar refractivity (Wildman–Crippen MR) is 65.0 cm³/mol. The van der Waals surface area contributed by atoms with E-state index in [1.165, 1.54) is 12.8 Å². The Bertz CT molecular complexity index is 372. The second-order valence-corrected chi connectivity index (χ2v) is 4.52. The minimum atomic E-state index is -0.149. The highest BCUT2D eigenvalue weighted by Crippen LogP contribution is 2.33. The standard InChI is InChI=1S/C13H19FN2/c1-3-16(11-5-6-11)13-7-4-10(9(2)15)8-12(13)14/h4,7-9,11H,3,5-6,15H2,1-2H3/t9-/m0/s1. The smallest absolute Gasteiger partial charge is 0.146 e. The molecule has 1 aromatic rings. The van der Waals surface area contributed by atoms with Crippen molar-refractivity contribution in [2.24, 2.45) is 5.73 Å². The molecule has 1 aromatic carbocycles. The third kappa shape index (κ3) is 2.19. The minimum Gasteiger partial charge on any atom is -0.366 e. The van der Waals surface area contributed by atoms with Gasteiger partial charge in [0.05, 0.1) is 5.69 Å². The van der Waals surface area contributed by atoms with Crippen molar-refractivity contribution in [1.29, 1.82) is 0 Å². The first-order chi connectivity index (χ1) is 7.63. The molecule has 0 spiro atoms. The predicted octanol–water partition coefficient (Wildman–Crippen LogP) is 2.83. The van der Waals surface area contributed by atoms with Gasteiger partial charge in [-0.25, -0.2) is 4.39 Å². The first kappa shape index (κ1) is 11.4. The lowest BCUT2D eigenvalue weighted by atomic mass is 10.1. The fourth-order valence-electron chi connectivity index (χ4n) is 2.05. The Morgan fingerprint density at radius 3 is 2.62 bits per heavy atom. The van der Waals surface area contributed by atoms with E-state index in [4.69, 9.17) is 5.73 Å². The molecule has 2 nitrogen and oxygen atoms in total. The van der Waals surface area contributed by atoms with Crippen molar-refractivity contribution in [3.8, 4) is 0 Å². The summed E-state index contributed by atoms with van der Waals surface area (Å²) in [5, 5.41) is 0. The van der Waals surface area contributed by atoms with Crippen LogP contribution in [0.15, 0.2) is 18.2 Å². The fraction of sp³-hybridized carbons (Fsp3) is 0.538. The van der Waals surface area contributed by atoms with Crippen LogP contribution in [0.1, 0.15) is 38.3 Å². The summed E-state index contributed by atoms with van der Waals surface area (Å²) in [7, 11) is 0. The molecule has 1 atom stereocenters. The quantitative estimate of drug-likeness (QED) is 0.848. The lowest BCUT2D eigenvalue weighted by Crippen LogP contribution is -2.26. The van der Waals surface area contributed by atoms with Gasteiger partial charge in [-0.3, -0.25) is 0 Å². The van der Waals surface area contributed by atoms with Crippen LogP contribution in [0.2, 0.25) is 0 Å². The molecule has 88 valence electrons. The Hall–Kier alpha value is -1.09. The molecule has 0 bridgehead atoms. The molecule has 0 saturated heterocycles. The van der Waals surface area contributed by atoms with E-state index in [1.54, 1.807) is 6.07 Å². The number of nitrogens with zero attached hydrogens (tertiary/aromatic N) is 1. The molecule has 0 amide bonds. The molecule has 16 heavy (non-hydrogen) atoms. The van der Waals surface area contributed by atoms with E-state index < -0.39 is 0 Å². The second kappa shape index (κ2) is 4.42. The Morgan fingerprint density at radius 1 is 1.50 bits per heavy atom. The first-order valence-electron chi connectivity index (χ1n) is 5.95. The van der Waals surface area contributed by atoms with Crippen LogP contribution < -0.4 is 10.6 Å². The van der Waals surface area contributed by atoms with Crippen molar-refractivity contribution in [3.63, 3.8) is 0 Å². The Balaban J connectivity index is 2.27. The van der Waals surface area contributed by atoms with E-state index in [9.17, 15) is 4.39 Å². The van der Waals surface area contributed by atoms with Gasteiger partial charge in [-0.1, -0.05) is 6.07 Å². The van der Waals surface area contributed by atoms with Crippen molar-refractivity contribution in [2.45, 2.75) is 38.8 Å². The van der Waals surface area contributed by atoms with Gasteiger partial charge < -0.3 is 10.6 Å². The average molecular weight is 222 g/mol. The summed E-state index contributed by atoms with van der Waals surface area (Å²) >= 11 is 0. The summed E-state index contributed by atoms with van der Waals surface area (Å²) in [6, 6.07) is 5.77. The van der Waals surface area contributed by atoms with Gasteiger partial charge in [0.25, 0.3) is 0 Å². The molecule has 0 aromatic heterocycles. The van der Waals surface area contributed by atoms with Gasteiger partial charge in [0.1, 0.15) is 5.82 Å². The zero-order valence-corrected chi connectivity index (χ0v) is 9.91. The molecule has 0 aliphatic heterocycles. The molecule has 1 saturated carbocycles. The second-order valence-electron chi connectivity index (χ2n) is 4.52. The van der Waals surface area contributed by atoms with Crippen molar-refractivity contribution >= 4 is 5.69 Å². The number of halogens is 1. The van der Waals surface area contributed by atoms with Crippen molar-refractivity contribution < 1.29 is 4.39 Å². The maximum atomic E-state index is 13.9. The minimum absolute atomic E-state index is 0.112. The maximum absolute atomic E-state index is 13.9. The lowest BCUT2D eigenvalue weighted by molar-refractivity contribution is 0.612. The average Bonchev–Trinajstić information content (AvgIpc) is 3.05. The molecule has 1 fully saturated rings. The summed E-state index contributed by atoms with van der Waals surface area (Å²) in [5.74, 6) is -0.149. The molecule has 1 aliphatic rings. The third-order valence-electron chi connectivity index (χ3n) is 3.14. The topological polar surface area (TPSA) is 29.3 Å². The van der Waals surface area contributed by atoms with Gasteiger partial charge >= 0.3 is 0 Å². The van der Waals surface area contributed by atoms with E-state index in [-0.39, 0.29) is 11.9 Å². The monoisotopic (exact) mass is 222 g/mol. The van der Waals surface area contributed by atoms with E-state index in [2.05, 4.69) is 11.8 Å². The molecule has 1 aliphatic carbocycles. The molecule has 2 N–H and O–H groups in total. The van der Waals surface area contributed by atoms with Crippen molar-refractivity contribution in [1.82, 2.24) is 0 Å².